The molecule has 4 nitrogen and oxygen atoms in total. The first-order valence-electron chi connectivity index (χ1n) is 10.5. The van der Waals surface area contributed by atoms with Crippen LogP contribution in [0.4, 0.5) is 0 Å². The lowest BCUT2D eigenvalue weighted by atomic mass is 9.56. The van der Waals surface area contributed by atoms with Crippen molar-refractivity contribution in [3.05, 3.63) is 0 Å². The average molecular weight is 337 g/mol. The second-order valence-corrected chi connectivity index (χ2v) is 8.85. The highest BCUT2D eigenvalue weighted by Gasteiger charge is 2.59. The zero-order valence-corrected chi connectivity index (χ0v) is 15.6. The Bertz CT molecular complexity index is 441. The van der Waals surface area contributed by atoms with Gasteiger partial charge in [0.05, 0.1) is 6.10 Å². The maximum Gasteiger partial charge on any atom is 0.159 e. The molecule has 0 aromatic heterocycles. The Morgan fingerprint density at radius 2 is 2.00 bits per heavy atom. The Morgan fingerprint density at radius 3 is 2.79 bits per heavy atom. The quantitative estimate of drug-likeness (QED) is 0.856. The van der Waals surface area contributed by atoms with Gasteiger partial charge in [-0.2, -0.15) is 0 Å². The summed E-state index contributed by atoms with van der Waals surface area (Å²) < 4.78 is 6.40. The van der Waals surface area contributed by atoms with Crippen LogP contribution < -0.4 is 0 Å². The van der Waals surface area contributed by atoms with Gasteiger partial charge in [0.1, 0.15) is 0 Å². The second-order valence-electron chi connectivity index (χ2n) is 8.85. The van der Waals surface area contributed by atoms with Crippen LogP contribution in [0.5, 0.6) is 0 Å². The molecule has 0 spiro atoms. The number of piperidine rings is 2. The topological polar surface area (TPSA) is 35.9 Å². The number of aliphatic hydroxyl groups excluding tert-OH is 1. The molecule has 4 aliphatic rings. The predicted octanol–water partition coefficient (Wildman–Crippen LogP) is 2.71. The maximum atomic E-state index is 10.7. The monoisotopic (exact) mass is 336 g/mol. The number of hydrogen-bond donors (Lipinski definition) is 1. The van der Waals surface area contributed by atoms with Crippen LogP contribution in [0.1, 0.15) is 58.8 Å². The lowest BCUT2D eigenvalue weighted by Gasteiger charge is -2.63. The minimum Gasteiger partial charge on any atom is -0.368 e. The van der Waals surface area contributed by atoms with E-state index in [0.717, 1.165) is 32.1 Å². The van der Waals surface area contributed by atoms with E-state index in [1.807, 2.05) is 0 Å². The summed E-state index contributed by atoms with van der Waals surface area (Å²) in [5.41, 5.74) is 0.313. The Kier molecular flexibility index (Phi) is 4.94. The van der Waals surface area contributed by atoms with E-state index >= 15 is 0 Å². The molecule has 0 amide bonds. The molecular formula is C20H36N2O2. The van der Waals surface area contributed by atoms with Crippen molar-refractivity contribution in [1.82, 2.24) is 9.80 Å². The highest BCUT2D eigenvalue weighted by atomic mass is 16.6. The fraction of sp³-hybridized carbons (Fsp3) is 1.00. The first kappa shape index (κ1) is 17.3. The van der Waals surface area contributed by atoms with Crippen LogP contribution in [0.2, 0.25) is 0 Å². The lowest BCUT2D eigenvalue weighted by molar-refractivity contribution is -0.291. The molecule has 1 aliphatic carbocycles. The first-order chi connectivity index (χ1) is 11.7. The van der Waals surface area contributed by atoms with Gasteiger partial charge in [-0.3, -0.25) is 4.90 Å². The molecule has 0 unspecified atom stereocenters. The average Bonchev–Trinajstić information content (AvgIpc) is 2.59. The minimum atomic E-state index is -0.556. The van der Waals surface area contributed by atoms with Crippen LogP contribution in [-0.2, 0) is 4.74 Å². The number of rotatable bonds is 4. The summed E-state index contributed by atoms with van der Waals surface area (Å²) in [5.74, 6) is 0.943. The Labute approximate surface area is 147 Å². The molecule has 4 fully saturated rings. The molecule has 1 N–H and O–H groups in total. The van der Waals surface area contributed by atoms with Crippen LogP contribution in [0.3, 0.4) is 0 Å². The molecule has 24 heavy (non-hydrogen) atoms. The van der Waals surface area contributed by atoms with Crippen molar-refractivity contribution in [3.63, 3.8) is 0 Å². The highest BCUT2D eigenvalue weighted by Crippen LogP contribution is 2.55. The molecule has 138 valence electrons. The molecule has 6 atom stereocenters. The van der Waals surface area contributed by atoms with Crippen LogP contribution in [0, 0.1) is 17.3 Å². The molecule has 0 radical (unpaired) electrons. The Morgan fingerprint density at radius 1 is 1.17 bits per heavy atom. The van der Waals surface area contributed by atoms with E-state index in [-0.39, 0.29) is 5.92 Å². The number of aliphatic hydroxyl groups is 1. The number of ether oxygens (including phenoxy) is 1. The normalized spacial score (nSPS) is 45.8. The van der Waals surface area contributed by atoms with Gasteiger partial charge in [0.2, 0.25) is 0 Å². The zero-order chi connectivity index (χ0) is 16.7. The van der Waals surface area contributed by atoms with E-state index in [0.29, 0.717) is 17.4 Å². The maximum absolute atomic E-state index is 10.7. The van der Waals surface area contributed by atoms with Gasteiger partial charge in [-0.15, -0.1) is 0 Å². The smallest absolute Gasteiger partial charge is 0.159 e. The molecule has 0 aromatic rings. The van der Waals surface area contributed by atoms with Crippen molar-refractivity contribution in [3.8, 4) is 0 Å². The van der Waals surface area contributed by atoms with E-state index in [1.165, 1.54) is 51.6 Å². The Balaban J connectivity index is 1.55. The van der Waals surface area contributed by atoms with E-state index in [1.54, 1.807) is 0 Å². The molecule has 3 aliphatic heterocycles. The zero-order valence-electron chi connectivity index (χ0n) is 15.6. The fourth-order valence-electron chi connectivity index (χ4n) is 6.48. The van der Waals surface area contributed by atoms with E-state index in [4.69, 9.17) is 4.74 Å². The second kappa shape index (κ2) is 6.86. The third kappa shape index (κ3) is 2.84. The SMILES string of the molecule is CCN(CC)C[C@H]1C[C@@]23CCC[C@@H]([C@H]4CCCCN4C2)[C@@H]3O[C@H]1O. The summed E-state index contributed by atoms with van der Waals surface area (Å²) >= 11 is 0. The predicted molar refractivity (Wildman–Crippen MR) is 95.8 cm³/mol. The molecule has 4 rings (SSSR count). The largest absolute Gasteiger partial charge is 0.368 e. The van der Waals surface area contributed by atoms with Gasteiger partial charge >= 0.3 is 0 Å². The molecule has 2 bridgehead atoms. The van der Waals surface area contributed by atoms with E-state index in [9.17, 15) is 5.11 Å². The van der Waals surface area contributed by atoms with Gasteiger partial charge in [0.25, 0.3) is 0 Å². The first-order valence-corrected chi connectivity index (χ1v) is 10.5. The summed E-state index contributed by atoms with van der Waals surface area (Å²) in [6, 6.07) is 0.726. The molecule has 0 aromatic carbocycles. The van der Waals surface area contributed by atoms with Gasteiger partial charge in [0.15, 0.2) is 6.29 Å². The summed E-state index contributed by atoms with van der Waals surface area (Å²) in [6.07, 6.45) is 8.99. The summed E-state index contributed by atoms with van der Waals surface area (Å²) in [5, 5.41) is 10.7. The van der Waals surface area contributed by atoms with E-state index < -0.39 is 6.29 Å². The van der Waals surface area contributed by atoms with Gasteiger partial charge in [0, 0.05) is 36.4 Å². The molecule has 3 heterocycles. The van der Waals surface area contributed by atoms with Crippen LogP contribution in [0.25, 0.3) is 0 Å². The van der Waals surface area contributed by atoms with Crippen molar-refractivity contribution in [2.75, 3.05) is 32.7 Å². The molecule has 3 saturated heterocycles. The van der Waals surface area contributed by atoms with Crippen molar-refractivity contribution in [2.24, 2.45) is 17.3 Å². The number of hydrogen-bond acceptors (Lipinski definition) is 4. The third-order valence-electron chi connectivity index (χ3n) is 7.63. The van der Waals surface area contributed by atoms with Gasteiger partial charge in [-0.05, 0) is 51.7 Å². The van der Waals surface area contributed by atoms with Crippen molar-refractivity contribution in [1.29, 1.82) is 0 Å². The number of fused-ring (bicyclic) bond motifs is 2. The fourth-order valence-corrected chi connectivity index (χ4v) is 6.48. The standard InChI is InChI=1S/C20H36N2O2/c1-3-21(4-2)13-15-12-20-10-7-8-16(18(20)24-19(15)23)17-9-5-6-11-22(17)14-20/h15-19,23H,3-14H2,1-2H3/t15-,16+,17-,18+,19-,20+/m1/s1. The summed E-state index contributed by atoms with van der Waals surface area (Å²) in [4.78, 5) is 5.25. The third-order valence-corrected chi connectivity index (χ3v) is 7.63. The molecule has 1 saturated carbocycles. The lowest BCUT2D eigenvalue weighted by Crippen LogP contribution is -2.68. The minimum absolute atomic E-state index is 0.279. The van der Waals surface area contributed by atoms with Gasteiger partial charge in [-0.1, -0.05) is 26.7 Å². The summed E-state index contributed by atoms with van der Waals surface area (Å²) in [7, 11) is 0. The van der Waals surface area contributed by atoms with Crippen LogP contribution in [0.15, 0.2) is 0 Å². The highest BCUT2D eigenvalue weighted by molar-refractivity contribution is 5.09. The van der Waals surface area contributed by atoms with Crippen LogP contribution >= 0.6 is 0 Å². The van der Waals surface area contributed by atoms with E-state index in [2.05, 4.69) is 23.6 Å². The summed E-state index contributed by atoms with van der Waals surface area (Å²) in [6.45, 7) is 10.1. The van der Waals surface area contributed by atoms with Crippen molar-refractivity contribution < 1.29 is 9.84 Å². The van der Waals surface area contributed by atoms with Crippen LogP contribution in [-0.4, -0.2) is 66.1 Å². The Hall–Kier alpha value is -0.160. The van der Waals surface area contributed by atoms with Crippen molar-refractivity contribution in [2.45, 2.75) is 77.2 Å². The van der Waals surface area contributed by atoms with Gasteiger partial charge < -0.3 is 14.7 Å². The number of nitrogens with zero attached hydrogens (tertiary/aromatic N) is 2. The van der Waals surface area contributed by atoms with Gasteiger partial charge in [-0.25, -0.2) is 0 Å². The molecule has 4 heteroatoms. The van der Waals surface area contributed by atoms with Crippen molar-refractivity contribution >= 4 is 0 Å². The molecular weight excluding hydrogens is 300 g/mol.